The van der Waals surface area contributed by atoms with Gasteiger partial charge in [-0.15, -0.1) is 0 Å². The molecule has 2 heterocycles. The molecular formula is C19H24N4O4. The van der Waals surface area contributed by atoms with Crippen molar-refractivity contribution in [3.05, 3.63) is 41.7 Å². The molecule has 1 atom stereocenters. The maximum atomic E-state index is 12.7. The molecule has 2 N–H and O–H groups in total. The molecular weight excluding hydrogens is 348 g/mol. The molecule has 1 fully saturated rings. The molecule has 1 aliphatic heterocycles. The van der Waals surface area contributed by atoms with Crippen molar-refractivity contribution in [2.75, 3.05) is 25.5 Å². The first-order valence-corrected chi connectivity index (χ1v) is 8.92. The lowest BCUT2D eigenvalue weighted by Gasteiger charge is -2.32. The molecule has 8 nitrogen and oxygen atoms in total. The van der Waals surface area contributed by atoms with Crippen LogP contribution < -0.4 is 10.1 Å². The fraction of sp³-hybridized carbons (Fsp3) is 0.421. The fourth-order valence-corrected chi connectivity index (χ4v) is 3.32. The van der Waals surface area contributed by atoms with Crippen molar-refractivity contribution in [3.63, 3.8) is 0 Å². The van der Waals surface area contributed by atoms with Crippen molar-refractivity contribution in [3.8, 4) is 5.75 Å². The minimum absolute atomic E-state index is 0.108. The van der Waals surface area contributed by atoms with Crippen LogP contribution in [0.5, 0.6) is 5.75 Å². The van der Waals surface area contributed by atoms with E-state index in [4.69, 9.17) is 9.84 Å². The molecule has 8 heteroatoms. The number of carbonyl (C=O) groups excluding carboxylic acids is 1. The van der Waals surface area contributed by atoms with Crippen LogP contribution in [0.15, 0.2) is 30.5 Å². The molecule has 0 radical (unpaired) electrons. The van der Waals surface area contributed by atoms with Crippen LogP contribution in [0.25, 0.3) is 0 Å². The number of carbonyl (C=O) groups is 2. The van der Waals surface area contributed by atoms with Crippen LogP contribution >= 0.6 is 0 Å². The first-order chi connectivity index (χ1) is 13.0. The Morgan fingerprint density at radius 3 is 2.89 bits per heavy atom. The Morgan fingerprint density at radius 2 is 2.19 bits per heavy atom. The number of nitrogens with zero attached hydrogens (tertiary/aromatic N) is 3. The summed E-state index contributed by atoms with van der Waals surface area (Å²) in [6.45, 7) is 3.01. The normalized spacial score (nSPS) is 16.8. The van der Waals surface area contributed by atoms with E-state index < -0.39 is 5.97 Å². The van der Waals surface area contributed by atoms with Gasteiger partial charge in [-0.3, -0.25) is 9.48 Å². The second-order valence-electron chi connectivity index (χ2n) is 6.73. The molecule has 1 aliphatic rings. The number of aromatic nitrogens is 2. The summed E-state index contributed by atoms with van der Waals surface area (Å²) in [5.74, 6) is -0.0684. The van der Waals surface area contributed by atoms with Crippen LogP contribution in [-0.2, 0) is 11.3 Å². The maximum Gasteiger partial charge on any atom is 0.325 e. The lowest BCUT2D eigenvalue weighted by molar-refractivity contribution is -0.137. The van der Waals surface area contributed by atoms with Crippen LogP contribution in [0.3, 0.4) is 0 Å². The summed E-state index contributed by atoms with van der Waals surface area (Å²) in [7, 11) is 1.61. The van der Waals surface area contributed by atoms with Gasteiger partial charge in [0.05, 0.1) is 12.8 Å². The first kappa shape index (κ1) is 18.8. The predicted octanol–water partition coefficient (Wildman–Crippen LogP) is 2.70. The van der Waals surface area contributed by atoms with E-state index in [9.17, 15) is 9.59 Å². The number of nitrogens with one attached hydrogen (secondary N) is 1. The minimum Gasteiger partial charge on any atom is -0.497 e. The number of aliphatic carboxylic acids is 1. The average Bonchev–Trinajstić information content (AvgIpc) is 3.11. The molecule has 27 heavy (non-hydrogen) atoms. The third kappa shape index (κ3) is 4.58. The zero-order chi connectivity index (χ0) is 19.4. The number of aryl methyl sites for hydroxylation is 1. The van der Waals surface area contributed by atoms with Crippen molar-refractivity contribution in [2.45, 2.75) is 32.2 Å². The van der Waals surface area contributed by atoms with Crippen LogP contribution in [0.1, 0.15) is 30.0 Å². The Kier molecular flexibility index (Phi) is 5.63. The van der Waals surface area contributed by atoms with E-state index in [0.29, 0.717) is 13.1 Å². The molecule has 1 aromatic carbocycles. The van der Waals surface area contributed by atoms with E-state index in [1.807, 2.05) is 31.2 Å². The smallest absolute Gasteiger partial charge is 0.325 e. The summed E-state index contributed by atoms with van der Waals surface area (Å²) in [4.78, 5) is 25.3. The third-order valence-corrected chi connectivity index (χ3v) is 4.76. The van der Waals surface area contributed by atoms with Crippen molar-refractivity contribution < 1.29 is 19.4 Å². The quantitative estimate of drug-likeness (QED) is 0.841. The summed E-state index contributed by atoms with van der Waals surface area (Å²) in [6.07, 6.45) is 3.48. The number of ether oxygens (including phenoxy) is 1. The van der Waals surface area contributed by atoms with Gasteiger partial charge in [-0.25, -0.2) is 4.79 Å². The van der Waals surface area contributed by atoms with Gasteiger partial charge in [-0.1, -0.05) is 0 Å². The Labute approximate surface area is 157 Å². The highest BCUT2D eigenvalue weighted by atomic mass is 16.5. The summed E-state index contributed by atoms with van der Waals surface area (Å²) < 4.78 is 6.61. The number of anilines is 1. The van der Waals surface area contributed by atoms with Gasteiger partial charge in [0.1, 0.15) is 12.3 Å². The van der Waals surface area contributed by atoms with Gasteiger partial charge in [0.25, 0.3) is 0 Å². The molecule has 2 amide bonds. The van der Waals surface area contributed by atoms with E-state index in [2.05, 4.69) is 10.4 Å². The highest BCUT2D eigenvalue weighted by Crippen LogP contribution is 2.27. The molecule has 0 saturated carbocycles. The van der Waals surface area contributed by atoms with Crippen molar-refractivity contribution in [1.29, 1.82) is 0 Å². The number of carboxylic acids is 1. The largest absolute Gasteiger partial charge is 0.497 e. The van der Waals surface area contributed by atoms with Crippen LogP contribution in [0, 0.1) is 6.92 Å². The molecule has 3 rings (SSSR count). The topological polar surface area (TPSA) is 96.7 Å². The summed E-state index contributed by atoms with van der Waals surface area (Å²) >= 11 is 0. The number of benzene rings is 1. The van der Waals surface area contributed by atoms with Gasteiger partial charge >= 0.3 is 12.0 Å². The van der Waals surface area contributed by atoms with Crippen molar-refractivity contribution in [1.82, 2.24) is 14.7 Å². The van der Waals surface area contributed by atoms with Crippen molar-refractivity contribution >= 4 is 17.7 Å². The first-order valence-electron chi connectivity index (χ1n) is 8.92. The number of piperidine rings is 1. The lowest BCUT2D eigenvalue weighted by atomic mass is 9.95. The number of hydrogen-bond acceptors (Lipinski definition) is 4. The second-order valence-corrected chi connectivity index (χ2v) is 6.73. The number of methoxy groups -OCH3 is 1. The number of likely N-dealkylation sites (tertiary alicyclic amines) is 1. The zero-order valence-electron chi connectivity index (χ0n) is 15.5. The number of hydrogen-bond donors (Lipinski definition) is 2. The van der Waals surface area contributed by atoms with E-state index >= 15 is 0 Å². The molecule has 144 valence electrons. The molecule has 0 aliphatic carbocycles. The van der Waals surface area contributed by atoms with Crippen LogP contribution in [0.2, 0.25) is 0 Å². The third-order valence-electron chi connectivity index (χ3n) is 4.76. The zero-order valence-corrected chi connectivity index (χ0v) is 15.5. The highest BCUT2D eigenvalue weighted by molar-refractivity contribution is 5.90. The van der Waals surface area contributed by atoms with Gasteiger partial charge in [0.2, 0.25) is 0 Å². The van der Waals surface area contributed by atoms with E-state index in [-0.39, 0.29) is 18.5 Å². The summed E-state index contributed by atoms with van der Waals surface area (Å²) in [5, 5.41) is 16.2. The SMILES string of the molecule is COc1ccc(NC(=O)N2CCC[C@H](c3ccn(CC(=O)O)n3)C2)c(C)c1. The maximum absolute atomic E-state index is 12.7. The molecule has 1 aromatic heterocycles. The summed E-state index contributed by atoms with van der Waals surface area (Å²) in [6, 6.07) is 7.22. The molecule has 1 saturated heterocycles. The Hall–Kier alpha value is -3.03. The van der Waals surface area contributed by atoms with E-state index in [0.717, 1.165) is 35.5 Å². The molecule has 2 aromatic rings. The van der Waals surface area contributed by atoms with E-state index in [1.54, 1.807) is 18.2 Å². The van der Waals surface area contributed by atoms with Gasteiger partial charge in [-0.05, 0) is 49.6 Å². The lowest BCUT2D eigenvalue weighted by Crippen LogP contribution is -2.41. The van der Waals surface area contributed by atoms with Gasteiger partial charge in [0.15, 0.2) is 0 Å². The molecule has 0 spiro atoms. The number of carboxylic acid groups (broad SMARTS) is 1. The van der Waals surface area contributed by atoms with E-state index in [1.165, 1.54) is 4.68 Å². The molecule has 0 unspecified atom stereocenters. The Bertz CT molecular complexity index is 833. The summed E-state index contributed by atoms with van der Waals surface area (Å²) in [5.41, 5.74) is 2.52. The monoisotopic (exact) mass is 372 g/mol. The minimum atomic E-state index is -0.927. The van der Waals surface area contributed by atoms with Crippen molar-refractivity contribution in [2.24, 2.45) is 0 Å². The standard InChI is InChI=1S/C19H24N4O4/c1-13-10-15(27-2)5-6-16(13)20-19(26)22-8-3-4-14(11-22)17-7-9-23(21-17)12-18(24)25/h5-7,9-10,14H,3-4,8,11-12H2,1-2H3,(H,20,26)(H,24,25)/t14-/m0/s1. The Morgan fingerprint density at radius 1 is 1.37 bits per heavy atom. The highest BCUT2D eigenvalue weighted by Gasteiger charge is 2.26. The number of urea groups is 1. The van der Waals surface area contributed by atoms with Gasteiger partial charge in [-0.2, -0.15) is 5.10 Å². The number of amides is 2. The second kappa shape index (κ2) is 8.11. The van der Waals surface area contributed by atoms with Gasteiger partial charge < -0.3 is 20.1 Å². The molecule has 0 bridgehead atoms. The Balaban J connectivity index is 1.64. The average molecular weight is 372 g/mol. The van der Waals surface area contributed by atoms with Crippen LogP contribution in [-0.4, -0.2) is 52.0 Å². The van der Waals surface area contributed by atoms with Gasteiger partial charge in [0, 0.05) is 30.9 Å². The fourth-order valence-electron chi connectivity index (χ4n) is 3.32. The predicted molar refractivity (Wildman–Crippen MR) is 100 cm³/mol. The van der Waals surface area contributed by atoms with Crippen LogP contribution in [0.4, 0.5) is 10.5 Å². The number of rotatable bonds is 5.